The van der Waals surface area contributed by atoms with Gasteiger partial charge in [0.25, 0.3) is 5.91 Å². The van der Waals surface area contributed by atoms with Crippen molar-refractivity contribution in [3.05, 3.63) is 92.6 Å². The van der Waals surface area contributed by atoms with Crippen LogP contribution >= 0.6 is 22.9 Å². The molecule has 0 bridgehead atoms. The van der Waals surface area contributed by atoms with Crippen LogP contribution < -0.4 is 10.1 Å². The van der Waals surface area contributed by atoms with E-state index in [1.54, 1.807) is 24.3 Å². The molecule has 0 atom stereocenters. The number of carbonyl (C=O) groups is 2. The molecule has 2 aromatic heterocycles. The molecule has 0 radical (unpaired) electrons. The van der Waals surface area contributed by atoms with Crippen molar-refractivity contribution in [1.29, 1.82) is 0 Å². The van der Waals surface area contributed by atoms with Crippen LogP contribution in [0.3, 0.4) is 0 Å². The van der Waals surface area contributed by atoms with Crippen molar-refractivity contribution in [1.82, 2.24) is 9.78 Å². The average molecular weight is 838 g/mol. The van der Waals surface area contributed by atoms with E-state index in [9.17, 15) is 22.8 Å². The van der Waals surface area contributed by atoms with E-state index in [4.69, 9.17) is 45.1 Å². The second-order valence-corrected chi connectivity index (χ2v) is 15.3. The Morgan fingerprint density at radius 1 is 0.895 bits per heavy atom. The van der Waals surface area contributed by atoms with Crippen LogP contribution in [-0.4, -0.2) is 106 Å². The first kappa shape index (κ1) is 44.2. The van der Waals surface area contributed by atoms with Gasteiger partial charge in [-0.25, -0.2) is 4.68 Å². The zero-order chi connectivity index (χ0) is 40.8. The van der Waals surface area contributed by atoms with E-state index in [1.165, 1.54) is 34.5 Å². The first-order chi connectivity index (χ1) is 27.4. The van der Waals surface area contributed by atoms with Crippen molar-refractivity contribution in [3.63, 3.8) is 0 Å². The van der Waals surface area contributed by atoms with Gasteiger partial charge in [-0.3, -0.25) is 9.59 Å². The highest BCUT2D eigenvalue weighted by Crippen LogP contribution is 2.45. The predicted octanol–water partition coefficient (Wildman–Crippen LogP) is 7.06. The predicted molar refractivity (Wildman–Crippen MR) is 208 cm³/mol. The number of nitrogens with one attached hydrogen (secondary N) is 1. The summed E-state index contributed by atoms with van der Waals surface area (Å²) in [6.07, 6.45) is 0.202. The fourth-order valence-corrected chi connectivity index (χ4v) is 7.72. The Morgan fingerprint density at radius 3 is 2.16 bits per heavy atom. The molecule has 0 aliphatic heterocycles. The molecule has 4 aromatic rings. The van der Waals surface area contributed by atoms with Crippen molar-refractivity contribution >= 4 is 39.6 Å². The Hall–Kier alpha value is -3.87. The number of benzene rings is 2. The molecular formula is C40H47ClF3N3O9S. The number of amides is 1. The van der Waals surface area contributed by atoms with Crippen molar-refractivity contribution < 1.29 is 56.3 Å². The lowest BCUT2D eigenvalue weighted by Gasteiger charge is -2.29. The first-order valence-electron chi connectivity index (χ1n) is 18.5. The molecule has 1 aliphatic carbocycles. The number of aliphatic hydroxyl groups is 1. The van der Waals surface area contributed by atoms with Gasteiger partial charge in [0.15, 0.2) is 5.78 Å². The topological polar surface area (TPSA) is 140 Å². The lowest BCUT2D eigenvalue weighted by Crippen LogP contribution is -2.22. The van der Waals surface area contributed by atoms with E-state index in [1.807, 2.05) is 0 Å². The molecule has 0 fully saturated rings. The molecule has 1 amide bonds. The minimum atomic E-state index is -4.67. The van der Waals surface area contributed by atoms with Crippen LogP contribution in [0.2, 0.25) is 5.02 Å². The number of aromatic nitrogens is 2. The molecule has 310 valence electrons. The smallest absolute Gasteiger partial charge is 0.417 e. The summed E-state index contributed by atoms with van der Waals surface area (Å²) in [5, 5.41) is 15.7. The van der Waals surface area contributed by atoms with E-state index in [0.717, 1.165) is 35.4 Å². The molecular weight excluding hydrogens is 791 g/mol. The molecule has 0 saturated heterocycles. The highest BCUT2D eigenvalue weighted by Gasteiger charge is 2.35. The Balaban J connectivity index is 1.12. The van der Waals surface area contributed by atoms with Gasteiger partial charge in [0, 0.05) is 16.6 Å². The van der Waals surface area contributed by atoms with Gasteiger partial charge in [0.2, 0.25) is 0 Å². The van der Waals surface area contributed by atoms with Crippen LogP contribution in [0, 0.1) is 5.41 Å². The molecule has 5 rings (SSSR count). The lowest BCUT2D eigenvalue weighted by molar-refractivity contribution is -0.137. The fraction of sp³-hybridized carbons (Fsp3) is 0.475. The van der Waals surface area contributed by atoms with Crippen LogP contribution in [0.1, 0.15) is 62.6 Å². The molecule has 12 nitrogen and oxygen atoms in total. The van der Waals surface area contributed by atoms with Crippen molar-refractivity contribution in [3.8, 4) is 11.4 Å². The van der Waals surface area contributed by atoms with E-state index in [2.05, 4.69) is 24.3 Å². The van der Waals surface area contributed by atoms with Gasteiger partial charge < -0.3 is 38.8 Å². The third-order valence-corrected chi connectivity index (χ3v) is 10.4. The van der Waals surface area contributed by atoms with E-state index < -0.39 is 28.5 Å². The zero-order valence-electron chi connectivity index (χ0n) is 31.8. The van der Waals surface area contributed by atoms with E-state index in [-0.39, 0.29) is 29.9 Å². The van der Waals surface area contributed by atoms with Crippen LogP contribution in [0.25, 0.3) is 5.69 Å². The SMILES string of the molecule is CC1(C)CCc2c(sc(NC(=O)c3cccc(OCCOCCOCCOCCOCCOCCO)c3)c2C(=O)c2cnn(-c3ccc(Cl)c(C(F)(F)F)c3)c2)C1. The summed E-state index contributed by atoms with van der Waals surface area (Å²) in [7, 11) is 0. The number of alkyl halides is 3. The normalized spacial score (nSPS) is 13.7. The number of nitrogens with zero attached hydrogens (tertiary/aromatic N) is 2. The van der Waals surface area contributed by atoms with Crippen LogP contribution in [0.15, 0.2) is 54.9 Å². The molecule has 2 heterocycles. The number of thiophene rings is 1. The summed E-state index contributed by atoms with van der Waals surface area (Å²) in [5.74, 6) is -0.361. The summed E-state index contributed by atoms with van der Waals surface area (Å²) < 4.78 is 74.6. The monoisotopic (exact) mass is 837 g/mol. The third kappa shape index (κ3) is 13.1. The number of hydrogen-bond acceptors (Lipinski definition) is 11. The molecule has 17 heteroatoms. The summed E-state index contributed by atoms with van der Waals surface area (Å²) >= 11 is 7.16. The quantitative estimate of drug-likeness (QED) is 0.0590. The molecule has 57 heavy (non-hydrogen) atoms. The Bertz CT molecular complexity index is 1940. The first-order valence-corrected chi connectivity index (χ1v) is 19.7. The Morgan fingerprint density at radius 2 is 1.53 bits per heavy atom. The molecule has 0 unspecified atom stereocenters. The number of ether oxygens (including phenoxy) is 6. The largest absolute Gasteiger partial charge is 0.491 e. The number of ketones is 1. The lowest BCUT2D eigenvalue weighted by atomic mass is 9.76. The Kier molecular flexibility index (Phi) is 16.5. The second-order valence-electron chi connectivity index (χ2n) is 13.8. The minimum absolute atomic E-state index is 0.00130. The van der Waals surface area contributed by atoms with Crippen molar-refractivity contribution in [2.75, 3.05) is 84.6 Å². The van der Waals surface area contributed by atoms with E-state index in [0.29, 0.717) is 94.4 Å². The van der Waals surface area contributed by atoms with Gasteiger partial charge in [0.05, 0.1) is 106 Å². The molecule has 0 saturated carbocycles. The van der Waals surface area contributed by atoms with Crippen molar-refractivity contribution in [2.24, 2.45) is 5.41 Å². The maximum absolute atomic E-state index is 14.1. The number of anilines is 1. The zero-order valence-corrected chi connectivity index (χ0v) is 33.4. The average Bonchev–Trinajstić information content (AvgIpc) is 3.80. The van der Waals surface area contributed by atoms with Crippen LogP contribution in [0.4, 0.5) is 18.2 Å². The molecule has 2 aromatic carbocycles. The summed E-state index contributed by atoms with van der Waals surface area (Å²) in [5.41, 5.74) is 0.774. The van der Waals surface area contributed by atoms with Gasteiger partial charge in [-0.1, -0.05) is 31.5 Å². The number of halogens is 4. The number of carbonyl (C=O) groups excluding carboxylic acids is 2. The van der Waals surface area contributed by atoms with Gasteiger partial charge >= 0.3 is 6.18 Å². The number of aliphatic hydroxyl groups excluding tert-OH is 1. The van der Waals surface area contributed by atoms with Crippen LogP contribution in [-0.2, 0) is 42.7 Å². The third-order valence-electron chi connectivity index (χ3n) is 8.92. The molecule has 1 aliphatic rings. The number of fused-ring (bicyclic) bond motifs is 1. The van der Waals surface area contributed by atoms with Gasteiger partial charge in [-0.15, -0.1) is 11.3 Å². The van der Waals surface area contributed by atoms with Crippen molar-refractivity contribution in [2.45, 2.75) is 39.3 Å². The number of hydrogen-bond donors (Lipinski definition) is 2. The van der Waals surface area contributed by atoms with E-state index >= 15 is 0 Å². The standard InChI is InChI=1S/C40H47ClF3N3O9S/c1-39(2)9-8-31-34(24-39)57-38(35(31)36(49)28-25-45-47(26-28)29-6-7-33(41)32(23-29)40(42,43)44)46-37(50)27-4-3-5-30(22-27)56-21-20-55-19-18-54-17-16-53-15-14-52-13-12-51-11-10-48/h3-7,22-23,25-26,48H,8-21,24H2,1-2H3,(H,46,50). The van der Waals surface area contributed by atoms with Crippen LogP contribution in [0.5, 0.6) is 5.75 Å². The van der Waals surface area contributed by atoms with Gasteiger partial charge in [-0.2, -0.15) is 18.3 Å². The summed E-state index contributed by atoms with van der Waals surface area (Å²) in [4.78, 5) is 28.8. The fourth-order valence-electron chi connectivity index (χ4n) is 6.00. The summed E-state index contributed by atoms with van der Waals surface area (Å²) in [6, 6.07) is 10.1. The minimum Gasteiger partial charge on any atom is -0.491 e. The summed E-state index contributed by atoms with van der Waals surface area (Å²) in [6.45, 7) is 8.50. The second kappa shape index (κ2) is 21.2. The maximum Gasteiger partial charge on any atom is 0.417 e. The molecule has 0 spiro atoms. The molecule has 2 N–H and O–H groups in total. The van der Waals surface area contributed by atoms with Gasteiger partial charge in [-0.05, 0) is 66.6 Å². The maximum atomic E-state index is 14.1. The number of rotatable bonds is 23. The Labute approximate surface area is 338 Å². The van der Waals surface area contributed by atoms with Gasteiger partial charge in [0.1, 0.15) is 17.4 Å². The highest BCUT2D eigenvalue weighted by molar-refractivity contribution is 7.17. The highest BCUT2D eigenvalue weighted by atomic mass is 35.5.